The largest absolute Gasteiger partial charge is 0.419 e. The molecule has 0 aliphatic rings. The zero-order valence-corrected chi connectivity index (χ0v) is 11.0. The first kappa shape index (κ1) is 11.6. The maximum atomic E-state index is 11.5. The lowest BCUT2D eigenvalue weighted by Gasteiger charge is -2.01. The van der Waals surface area contributed by atoms with Crippen LogP contribution in [-0.2, 0) is 14.1 Å². The summed E-state index contributed by atoms with van der Waals surface area (Å²) in [7, 11) is 5.39. The molecule has 0 aliphatic carbocycles. The van der Waals surface area contributed by atoms with E-state index in [1.54, 1.807) is 11.7 Å². The minimum atomic E-state index is -0.354. The van der Waals surface area contributed by atoms with Crippen LogP contribution in [0.2, 0.25) is 0 Å². The van der Waals surface area contributed by atoms with Gasteiger partial charge in [0.25, 0.3) is 0 Å². The van der Waals surface area contributed by atoms with Gasteiger partial charge in [0.15, 0.2) is 5.58 Å². The smallest absolute Gasteiger partial charge is 0.408 e. The summed E-state index contributed by atoms with van der Waals surface area (Å²) in [4.78, 5) is 11.5. The molecule has 0 fully saturated rings. The van der Waals surface area contributed by atoms with Crippen LogP contribution in [0.5, 0.6) is 0 Å². The van der Waals surface area contributed by atoms with Crippen molar-refractivity contribution in [2.24, 2.45) is 14.1 Å². The van der Waals surface area contributed by atoms with Crippen LogP contribution in [0, 0.1) is 0 Å². The first-order chi connectivity index (χ1) is 9.10. The van der Waals surface area contributed by atoms with Crippen molar-refractivity contribution in [2.45, 2.75) is 0 Å². The summed E-state index contributed by atoms with van der Waals surface area (Å²) >= 11 is 0. The highest BCUT2D eigenvalue weighted by Crippen LogP contribution is 2.25. The highest BCUT2D eigenvalue weighted by molar-refractivity contribution is 5.80. The zero-order chi connectivity index (χ0) is 13.6. The highest BCUT2D eigenvalue weighted by atomic mass is 16.4. The molecule has 0 atom stereocenters. The number of aryl methyl sites for hydroxylation is 2. The molecule has 0 unspecified atom stereocenters. The molecule has 0 spiro atoms. The van der Waals surface area contributed by atoms with Gasteiger partial charge in [0, 0.05) is 32.8 Å². The fraction of sp³-hybridized carbons (Fsp3) is 0.231. The molecule has 3 aromatic rings. The average Bonchev–Trinajstić information content (AvgIpc) is 2.91. The van der Waals surface area contributed by atoms with Gasteiger partial charge in [-0.3, -0.25) is 9.25 Å². The Bertz CT molecular complexity index is 810. The van der Waals surface area contributed by atoms with Gasteiger partial charge >= 0.3 is 5.76 Å². The van der Waals surface area contributed by atoms with Crippen LogP contribution >= 0.6 is 0 Å². The third-order valence-electron chi connectivity index (χ3n) is 3.22. The van der Waals surface area contributed by atoms with Crippen molar-refractivity contribution >= 4 is 16.9 Å². The Kier molecular flexibility index (Phi) is 2.45. The molecule has 0 bridgehead atoms. The standard InChI is InChI=1S/C13H14N4O2/c1-14-12-7-10(17(3)15-12)8-4-5-9-11(6-8)19-13(18)16(9)2/h4-7H,1-3H3,(H,14,15). The lowest BCUT2D eigenvalue weighted by molar-refractivity contribution is 0.528. The van der Waals surface area contributed by atoms with E-state index in [2.05, 4.69) is 10.4 Å². The minimum Gasteiger partial charge on any atom is -0.408 e. The Morgan fingerprint density at radius 2 is 2.05 bits per heavy atom. The summed E-state index contributed by atoms with van der Waals surface area (Å²) in [6.07, 6.45) is 0. The van der Waals surface area contributed by atoms with E-state index < -0.39 is 0 Å². The third kappa shape index (κ3) is 1.72. The Morgan fingerprint density at radius 3 is 2.74 bits per heavy atom. The van der Waals surface area contributed by atoms with E-state index in [0.29, 0.717) is 5.58 Å². The lowest BCUT2D eigenvalue weighted by atomic mass is 10.1. The van der Waals surface area contributed by atoms with E-state index in [-0.39, 0.29) is 5.76 Å². The molecule has 6 heteroatoms. The Hall–Kier alpha value is -2.50. The van der Waals surface area contributed by atoms with Crippen molar-refractivity contribution in [3.05, 3.63) is 34.8 Å². The van der Waals surface area contributed by atoms with Crippen LogP contribution in [0.1, 0.15) is 0 Å². The van der Waals surface area contributed by atoms with Gasteiger partial charge in [-0.2, -0.15) is 5.10 Å². The van der Waals surface area contributed by atoms with Crippen molar-refractivity contribution in [3.8, 4) is 11.3 Å². The van der Waals surface area contributed by atoms with E-state index >= 15 is 0 Å². The summed E-state index contributed by atoms with van der Waals surface area (Å²) in [5.74, 6) is 0.445. The molecule has 0 amide bonds. The summed E-state index contributed by atoms with van der Waals surface area (Å²) in [6, 6.07) is 7.63. The number of aromatic nitrogens is 3. The molecule has 2 heterocycles. The molecule has 0 radical (unpaired) electrons. The number of anilines is 1. The molecule has 3 rings (SSSR count). The van der Waals surface area contributed by atoms with Gasteiger partial charge in [0.05, 0.1) is 11.2 Å². The Labute approximate surface area is 109 Å². The molecule has 6 nitrogen and oxygen atoms in total. The molecule has 0 saturated carbocycles. The van der Waals surface area contributed by atoms with Crippen LogP contribution < -0.4 is 11.1 Å². The fourth-order valence-electron chi connectivity index (χ4n) is 2.15. The van der Waals surface area contributed by atoms with Gasteiger partial charge in [0.1, 0.15) is 5.82 Å². The second kappa shape index (κ2) is 4.01. The van der Waals surface area contributed by atoms with E-state index in [1.165, 1.54) is 4.57 Å². The van der Waals surface area contributed by atoms with Gasteiger partial charge in [0.2, 0.25) is 0 Å². The maximum absolute atomic E-state index is 11.5. The molecule has 0 saturated heterocycles. The van der Waals surface area contributed by atoms with E-state index in [1.807, 2.05) is 38.4 Å². The van der Waals surface area contributed by atoms with Crippen LogP contribution in [0.4, 0.5) is 5.82 Å². The maximum Gasteiger partial charge on any atom is 0.419 e. The number of fused-ring (bicyclic) bond motifs is 1. The first-order valence-electron chi connectivity index (χ1n) is 5.92. The van der Waals surface area contributed by atoms with Crippen LogP contribution in [0.3, 0.4) is 0 Å². The molecular weight excluding hydrogens is 244 g/mol. The number of rotatable bonds is 2. The molecule has 1 aromatic carbocycles. The zero-order valence-electron chi connectivity index (χ0n) is 11.0. The summed E-state index contributed by atoms with van der Waals surface area (Å²) in [5.41, 5.74) is 3.28. The quantitative estimate of drug-likeness (QED) is 0.757. The van der Waals surface area contributed by atoms with Gasteiger partial charge in [-0.25, -0.2) is 4.79 Å². The monoisotopic (exact) mass is 258 g/mol. The number of nitrogens with zero attached hydrogens (tertiary/aromatic N) is 3. The van der Waals surface area contributed by atoms with E-state index in [9.17, 15) is 4.79 Å². The molecule has 2 aromatic heterocycles. The summed E-state index contributed by atoms with van der Waals surface area (Å²) < 4.78 is 8.47. The molecular formula is C13H14N4O2. The number of benzene rings is 1. The number of hydrogen-bond acceptors (Lipinski definition) is 4. The Morgan fingerprint density at radius 1 is 1.26 bits per heavy atom. The van der Waals surface area contributed by atoms with Crippen molar-refractivity contribution in [1.82, 2.24) is 14.3 Å². The number of nitrogens with one attached hydrogen (secondary N) is 1. The summed E-state index contributed by atoms with van der Waals surface area (Å²) in [6.45, 7) is 0. The average molecular weight is 258 g/mol. The molecule has 0 aliphatic heterocycles. The van der Waals surface area contributed by atoms with Gasteiger partial charge < -0.3 is 9.73 Å². The molecule has 19 heavy (non-hydrogen) atoms. The van der Waals surface area contributed by atoms with Crippen molar-refractivity contribution in [2.75, 3.05) is 12.4 Å². The third-order valence-corrected chi connectivity index (χ3v) is 3.22. The lowest BCUT2D eigenvalue weighted by Crippen LogP contribution is -2.08. The van der Waals surface area contributed by atoms with Crippen molar-refractivity contribution in [3.63, 3.8) is 0 Å². The first-order valence-corrected chi connectivity index (χ1v) is 5.92. The van der Waals surface area contributed by atoms with Crippen LogP contribution in [0.15, 0.2) is 33.5 Å². The minimum absolute atomic E-state index is 0.354. The van der Waals surface area contributed by atoms with Gasteiger partial charge in [-0.15, -0.1) is 0 Å². The van der Waals surface area contributed by atoms with E-state index in [4.69, 9.17) is 4.42 Å². The Balaban J connectivity index is 2.20. The second-order valence-corrected chi connectivity index (χ2v) is 4.40. The van der Waals surface area contributed by atoms with Gasteiger partial charge in [-0.1, -0.05) is 6.07 Å². The SMILES string of the molecule is CNc1cc(-c2ccc3c(c2)oc(=O)n3C)n(C)n1. The van der Waals surface area contributed by atoms with Crippen LogP contribution in [-0.4, -0.2) is 21.4 Å². The predicted octanol–water partition coefficient (Wildman–Crippen LogP) is 1.57. The number of hydrogen-bond donors (Lipinski definition) is 1. The number of oxazole rings is 1. The predicted molar refractivity (Wildman–Crippen MR) is 73.2 cm³/mol. The summed E-state index contributed by atoms with van der Waals surface area (Å²) in [5, 5.41) is 7.32. The van der Waals surface area contributed by atoms with Gasteiger partial charge in [-0.05, 0) is 12.1 Å². The van der Waals surface area contributed by atoms with Crippen molar-refractivity contribution in [1.29, 1.82) is 0 Å². The van der Waals surface area contributed by atoms with Crippen molar-refractivity contribution < 1.29 is 4.42 Å². The molecule has 1 N–H and O–H groups in total. The normalized spacial score (nSPS) is 11.1. The topological polar surface area (TPSA) is 65.0 Å². The molecule has 98 valence electrons. The highest BCUT2D eigenvalue weighted by Gasteiger charge is 2.10. The fourth-order valence-corrected chi connectivity index (χ4v) is 2.15. The van der Waals surface area contributed by atoms with E-state index in [0.717, 1.165) is 22.6 Å². The second-order valence-electron chi connectivity index (χ2n) is 4.40. The van der Waals surface area contributed by atoms with Crippen LogP contribution in [0.25, 0.3) is 22.4 Å².